The molecule has 2 heterocycles. The van der Waals surface area contributed by atoms with Crippen LogP contribution in [0.2, 0.25) is 5.02 Å². The monoisotopic (exact) mass is 408 g/mol. The highest BCUT2D eigenvalue weighted by molar-refractivity contribution is 6.30. The summed E-state index contributed by atoms with van der Waals surface area (Å²) in [6.45, 7) is 0. The molecule has 0 aliphatic carbocycles. The van der Waals surface area contributed by atoms with Gasteiger partial charge in [-0.3, -0.25) is 0 Å². The smallest absolute Gasteiger partial charge is 0.216 e. The van der Waals surface area contributed by atoms with Crippen molar-refractivity contribution in [1.82, 2.24) is 5.01 Å². The van der Waals surface area contributed by atoms with Crippen LogP contribution in [-0.2, 0) is 0 Å². The Balaban J connectivity index is 1.59. The van der Waals surface area contributed by atoms with E-state index in [-0.39, 0.29) is 11.9 Å². The van der Waals surface area contributed by atoms with Gasteiger partial charge in [0.2, 0.25) is 6.23 Å². The summed E-state index contributed by atoms with van der Waals surface area (Å²) < 4.78 is 26.0. The van der Waals surface area contributed by atoms with Crippen LogP contribution in [0.15, 0.2) is 71.8 Å². The average molecular weight is 409 g/mol. The van der Waals surface area contributed by atoms with Crippen molar-refractivity contribution in [2.24, 2.45) is 5.10 Å². The number of hydrazone groups is 1. The molecule has 5 rings (SSSR count). The molecule has 146 valence electrons. The lowest BCUT2D eigenvalue weighted by molar-refractivity contribution is -0.0211. The Bertz CT molecular complexity index is 1100. The topological polar surface area (TPSA) is 34.1 Å². The predicted octanol–water partition coefficient (Wildman–Crippen LogP) is 5.73. The molecule has 0 saturated carbocycles. The maximum Gasteiger partial charge on any atom is 0.216 e. The highest BCUT2D eigenvalue weighted by atomic mass is 35.5. The van der Waals surface area contributed by atoms with Gasteiger partial charge >= 0.3 is 0 Å². The van der Waals surface area contributed by atoms with Gasteiger partial charge in [-0.1, -0.05) is 29.8 Å². The second-order valence-corrected chi connectivity index (χ2v) is 7.49. The zero-order valence-corrected chi connectivity index (χ0v) is 16.4. The molecular formula is C23H18ClFN2O2. The van der Waals surface area contributed by atoms with E-state index >= 15 is 0 Å². The number of hydrogen-bond acceptors (Lipinski definition) is 4. The molecule has 0 aromatic heterocycles. The number of hydrogen-bond donors (Lipinski definition) is 0. The number of ether oxygens (including phenoxy) is 2. The molecule has 0 unspecified atom stereocenters. The first kappa shape index (κ1) is 18.0. The number of nitrogens with zero attached hydrogens (tertiary/aromatic N) is 2. The van der Waals surface area contributed by atoms with Gasteiger partial charge in [0.05, 0.1) is 24.4 Å². The van der Waals surface area contributed by atoms with Gasteiger partial charge in [0, 0.05) is 17.0 Å². The van der Waals surface area contributed by atoms with Gasteiger partial charge in [0.1, 0.15) is 17.3 Å². The second kappa shape index (κ2) is 7.08. The fourth-order valence-corrected chi connectivity index (χ4v) is 4.08. The van der Waals surface area contributed by atoms with Gasteiger partial charge in [-0.2, -0.15) is 5.10 Å². The van der Waals surface area contributed by atoms with Crippen molar-refractivity contribution < 1.29 is 13.9 Å². The van der Waals surface area contributed by atoms with Crippen LogP contribution in [0.4, 0.5) is 4.39 Å². The zero-order valence-electron chi connectivity index (χ0n) is 15.7. The van der Waals surface area contributed by atoms with Gasteiger partial charge in [-0.25, -0.2) is 9.40 Å². The van der Waals surface area contributed by atoms with E-state index in [1.807, 2.05) is 41.4 Å². The van der Waals surface area contributed by atoms with Crippen LogP contribution >= 0.6 is 11.6 Å². The molecule has 3 aromatic carbocycles. The van der Waals surface area contributed by atoms with Gasteiger partial charge in [0.25, 0.3) is 0 Å². The Morgan fingerprint density at radius 3 is 2.62 bits per heavy atom. The third kappa shape index (κ3) is 3.12. The molecule has 0 radical (unpaired) electrons. The van der Waals surface area contributed by atoms with E-state index in [0.29, 0.717) is 22.8 Å². The summed E-state index contributed by atoms with van der Waals surface area (Å²) >= 11 is 6.25. The van der Waals surface area contributed by atoms with Gasteiger partial charge in [-0.15, -0.1) is 0 Å². The van der Waals surface area contributed by atoms with Crippen molar-refractivity contribution in [2.45, 2.75) is 18.7 Å². The molecule has 0 bridgehead atoms. The van der Waals surface area contributed by atoms with Crippen molar-refractivity contribution in [3.8, 4) is 11.5 Å². The zero-order chi connectivity index (χ0) is 20.0. The van der Waals surface area contributed by atoms with Crippen LogP contribution < -0.4 is 9.47 Å². The summed E-state index contributed by atoms with van der Waals surface area (Å²) in [7, 11) is 1.64. The normalized spacial score (nSPS) is 19.8. The predicted molar refractivity (Wildman–Crippen MR) is 110 cm³/mol. The lowest BCUT2D eigenvalue weighted by Gasteiger charge is -2.38. The molecule has 0 fully saturated rings. The highest BCUT2D eigenvalue weighted by Gasteiger charge is 2.41. The number of fused-ring (bicyclic) bond motifs is 3. The van der Waals surface area contributed by atoms with E-state index < -0.39 is 6.23 Å². The molecule has 0 N–H and O–H groups in total. The van der Waals surface area contributed by atoms with Crippen molar-refractivity contribution in [1.29, 1.82) is 0 Å². The van der Waals surface area contributed by atoms with Gasteiger partial charge in [-0.05, 0) is 54.1 Å². The Morgan fingerprint density at radius 1 is 1.07 bits per heavy atom. The highest BCUT2D eigenvalue weighted by Crippen LogP contribution is 2.48. The first-order valence-electron chi connectivity index (χ1n) is 9.35. The minimum atomic E-state index is -0.648. The molecule has 6 heteroatoms. The Morgan fingerprint density at radius 2 is 1.86 bits per heavy atom. The van der Waals surface area contributed by atoms with E-state index in [9.17, 15) is 4.39 Å². The summed E-state index contributed by atoms with van der Waals surface area (Å²) in [6, 6.07) is 19.9. The Kier molecular flexibility index (Phi) is 4.40. The maximum atomic E-state index is 14.6. The third-order valence-electron chi connectivity index (χ3n) is 5.35. The van der Waals surface area contributed by atoms with E-state index in [1.54, 1.807) is 31.4 Å². The summed E-state index contributed by atoms with van der Waals surface area (Å²) in [6.07, 6.45) is 0.0270. The molecule has 2 aliphatic rings. The van der Waals surface area contributed by atoms with Crippen molar-refractivity contribution in [3.05, 3.63) is 94.3 Å². The van der Waals surface area contributed by atoms with Crippen LogP contribution in [0, 0.1) is 5.82 Å². The second-order valence-electron chi connectivity index (χ2n) is 7.05. The largest absolute Gasteiger partial charge is 0.497 e. The minimum Gasteiger partial charge on any atom is -0.497 e. The quantitative estimate of drug-likeness (QED) is 0.555. The van der Waals surface area contributed by atoms with Crippen LogP contribution in [0.3, 0.4) is 0 Å². The molecule has 0 saturated heterocycles. The molecular weight excluding hydrogens is 391 g/mol. The maximum absolute atomic E-state index is 14.6. The van der Waals surface area contributed by atoms with Crippen LogP contribution in [0.25, 0.3) is 0 Å². The first-order valence-corrected chi connectivity index (χ1v) is 9.72. The number of methoxy groups -OCH3 is 1. The van der Waals surface area contributed by atoms with Crippen molar-refractivity contribution in [3.63, 3.8) is 0 Å². The molecule has 29 heavy (non-hydrogen) atoms. The SMILES string of the molecule is COc1ccc(C2=NN3[C@H](C2)c2cc(Cl)ccc2O[C@H]3c2ccccc2F)cc1. The molecule has 4 nitrogen and oxygen atoms in total. The summed E-state index contributed by atoms with van der Waals surface area (Å²) in [5, 5.41) is 7.32. The summed E-state index contributed by atoms with van der Waals surface area (Å²) in [4.78, 5) is 0. The van der Waals surface area contributed by atoms with E-state index in [1.165, 1.54) is 6.07 Å². The Labute approximate surface area is 173 Å². The third-order valence-corrected chi connectivity index (χ3v) is 5.58. The Hall–Kier alpha value is -3.05. The molecule has 0 amide bonds. The molecule has 0 spiro atoms. The molecule has 2 atom stereocenters. The van der Waals surface area contributed by atoms with Gasteiger partial charge in [0.15, 0.2) is 0 Å². The van der Waals surface area contributed by atoms with E-state index in [0.717, 1.165) is 22.6 Å². The molecule has 2 aliphatic heterocycles. The number of halogens is 2. The summed E-state index contributed by atoms with van der Waals surface area (Å²) in [5.41, 5.74) is 3.32. The van der Waals surface area contributed by atoms with Crippen molar-refractivity contribution in [2.75, 3.05) is 7.11 Å². The standard InChI is InChI=1S/C23H18ClFN2O2/c1-28-16-9-6-14(7-10-16)20-13-21-18-12-15(24)8-11-22(18)29-23(27(21)26-20)17-4-2-3-5-19(17)25/h2-12,21,23H,13H2,1H3/t21-,23+/m1/s1. The lowest BCUT2D eigenvalue weighted by Crippen LogP contribution is -2.34. The van der Waals surface area contributed by atoms with Crippen LogP contribution in [0.1, 0.15) is 35.4 Å². The summed E-state index contributed by atoms with van der Waals surface area (Å²) in [5.74, 6) is 1.17. The van der Waals surface area contributed by atoms with Crippen LogP contribution in [-0.4, -0.2) is 17.8 Å². The van der Waals surface area contributed by atoms with E-state index in [2.05, 4.69) is 0 Å². The number of rotatable bonds is 3. The first-order chi connectivity index (χ1) is 14.1. The minimum absolute atomic E-state index is 0.0841. The average Bonchev–Trinajstić information content (AvgIpc) is 3.20. The molecule has 3 aromatic rings. The van der Waals surface area contributed by atoms with Crippen molar-refractivity contribution >= 4 is 17.3 Å². The number of benzene rings is 3. The van der Waals surface area contributed by atoms with E-state index in [4.69, 9.17) is 26.2 Å². The fourth-order valence-electron chi connectivity index (χ4n) is 3.90. The van der Waals surface area contributed by atoms with Gasteiger partial charge < -0.3 is 9.47 Å². The lowest BCUT2D eigenvalue weighted by atomic mass is 9.96. The fraction of sp³-hybridized carbons (Fsp3) is 0.174. The van der Waals surface area contributed by atoms with Crippen LogP contribution in [0.5, 0.6) is 11.5 Å².